The van der Waals surface area contributed by atoms with Crippen LogP contribution in [0.4, 0.5) is 11.4 Å². The fraction of sp³-hybridized carbons (Fsp3) is 0.500. The molecule has 8 N–H and O–H groups in total. The van der Waals surface area contributed by atoms with Crippen LogP contribution in [-0.2, 0) is 0 Å². The molecule has 0 saturated heterocycles. The van der Waals surface area contributed by atoms with Crippen molar-refractivity contribution < 1.29 is 41.5 Å². The number of nitrogens with one attached hydrogen (secondary N) is 3. The molecule has 0 heterocycles. The van der Waals surface area contributed by atoms with Crippen molar-refractivity contribution in [3.63, 3.8) is 0 Å². The molecule has 12 heteroatoms. The Morgan fingerprint density at radius 1 is 0.925 bits per heavy atom. The summed E-state index contributed by atoms with van der Waals surface area (Å²) in [6.45, 7) is 14.3. The van der Waals surface area contributed by atoms with Gasteiger partial charge in [0.25, 0.3) is 11.8 Å². The molecule has 0 bridgehead atoms. The van der Waals surface area contributed by atoms with Gasteiger partial charge in [0, 0.05) is 30.4 Å². The zero-order valence-corrected chi connectivity index (χ0v) is 25.2. The summed E-state index contributed by atoms with van der Waals surface area (Å²) >= 11 is 0. The largest absolute Gasteiger partial charge is 1.00 e. The summed E-state index contributed by atoms with van der Waals surface area (Å²) in [5.74, 6) is -0.649. The van der Waals surface area contributed by atoms with E-state index < -0.39 is 5.91 Å². The first kappa shape index (κ1) is 34.6. The maximum atomic E-state index is 13.2. The number of benzene rings is 2. The van der Waals surface area contributed by atoms with Crippen LogP contribution >= 0.6 is 0 Å². The zero-order chi connectivity index (χ0) is 29.1. The number of nitrogens with two attached hydrogens (primary N) is 2. The molecule has 0 atom stereocenters. The second kappa shape index (κ2) is 16.6. The quantitative estimate of drug-likeness (QED) is 0.104. The number of amides is 2. The molecule has 40 heavy (non-hydrogen) atoms. The number of carbonyl (C=O) groups excluding carboxylic acids is 2. The number of likely N-dealkylation sites (N-methyl/N-ethyl adjacent to an activating group) is 2. The Bertz CT molecular complexity index is 1140. The number of nitrogen functional groups attached to an aromatic ring is 2. The summed E-state index contributed by atoms with van der Waals surface area (Å²) in [5, 5.41) is 16.5. The van der Waals surface area contributed by atoms with Crippen molar-refractivity contribution in [1.29, 1.82) is 0 Å². The number of aromatic hydroxyl groups is 1. The number of hydrogen-bond acceptors (Lipinski definition) is 8. The summed E-state index contributed by atoms with van der Waals surface area (Å²) in [5.41, 5.74) is 13.8. The molecule has 2 aromatic rings. The van der Waals surface area contributed by atoms with E-state index in [1.165, 1.54) is 31.3 Å². The molecule has 224 valence electrons. The zero-order valence-electron chi connectivity index (χ0n) is 24.4. The molecule has 2 amide bonds. The van der Waals surface area contributed by atoms with Gasteiger partial charge in [-0.25, -0.2) is 0 Å². The number of ether oxygens (including phenoxy) is 2. The molecule has 11 nitrogen and oxygen atoms in total. The van der Waals surface area contributed by atoms with E-state index in [9.17, 15) is 14.7 Å². The Balaban J connectivity index is 0.00000800. The molecule has 0 aliphatic carbocycles. The standard InChI is InChI=1S/C28H44N6O5.ClH/c1-7-33(8-2)13-11-31-27(36)19-15-18(21(29)17-23(19)38-5)24-25(30)22(35)16-20(26(24)39-6)28(37)32-12-14-34(9-3)10-4;/h15-17,35H,7-14,29-30H2,1-6H3,(H,31,36)(H,32,37);1H. The molecule has 2 rings (SSSR count). The minimum absolute atomic E-state index is 0. The molecule has 0 aromatic heterocycles. The van der Waals surface area contributed by atoms with Gasteiger partial charge in [0.15, 0.2) is 0 Å². The van der Waals surface area contributed by atoms with Gasteiger partial charge in [0.05, 0.1) is 62.8 Å². The number of rotatable bonds is 15. The van der Waals surface area contributed by atoms with Crippen LogP contribution in [-0.4, -0.2) is 88.4 Å². The molecule has 0 unspecified atom stereocenters. The van der Waals surface area contributed by atoms with Gasteiger partial charge in [0.2, 0.25) is 0 Å². The molecule has 0 aliphatic rings. The molecule has 2 aromatic carbocycles. The van der Waals surface area contributed by atoms with Gasteiger partial charge in [-0.15, -0.1) is 0 Å². The van der Waals surface area contributed by atoms with Crippen LogP contribution in [0.3, 0.4) is 0 Å². The second-order valence-electron chi connectivity index (χ2n) is 9.15. The summed E-state index contributed by atoms with van der Waals surface area (Å²) in [4.78, 5) is 29.8. The highest BCUT2D eigenvalue weighted by atomic mass is 35.5. The van der Waals surface area contributed by atoms with Gasteiger partial charge in [-0.05, 0) is 39.1 Å². The van der Waals surface area contributed by atoms with Crippen molar-refractivity contribution in [1.82, 2.24) is 15.5 Å². The summed E-state index contributed by atoms with van der Waals surface area (Å²) in [6.07, 6.45) is 0. The Morgan fingerprint density at radius 2 is 1.52 bits per heavy atom. The van der Waals surface area contributed by atoms with Crippen LogP contribution in [0.25, 0.3) is 11.1 Å². The lowest BCUT2D eigenvalue weighted by Crippen LogP contribution is -3.12. The average Bonchev–Trinajstić information content (AvgIpc) is 2.94. The van der Waals surface area contributed by atoms with Crippen molar-refractivity contribution in [3.05, 3.63) is 29.3 Å². The third kappa shape index (κ3) is 8.30. The van der Waals surface area contributed by atoms with Gasteiger partial charge >= 0.3 is 0 Å². The molecule has 0 saturated carbocycles. The van der Waals surface area contributed by atoms with Crippen LogP contribution in [0, 0.1) is 0 Å². The van der Waals surface area contributed by atoms with E-state index in [0.29, 0.717) is 25.2 Å². The molecule has 0 aliphatic heterocycles. The van der Waals surface area contributed by atoms with E-state index in [1.54, 1.807) is 6.07 Å². The first-order valence-corrected chi connectivity index (χ1v) is 13.5. The number of anilines is 2. The Labute approximate surface area is 243 Å². The number of carbonyl (C=O) groups is 2. The molecule has 0 fully saturated rings. The minimum atomic E-state index is -0.431. The van der Waals surface area contributed by atoms with Crippen LogP contribution in [0.2, 0.25) is 0 Å². The molecular weight excluding hydrogens is 536 g/mol. The van der Waals surface area contributed by atoms with Crippen LogP contribution in [0.15, 0.2) is 18.2 Å². The lowest BCUT2D eigenvalue weighted by Gasteiger charge is -2.21. The highest BCUT2D eigenvalue weighted by Crippen LogP contribution is 2.46. The van der Waals surface area contributed by atoms with Gasteiger partial charge in [-0.1, -0.05) is 13.8 Å². The summed E-state index contributed by atoms with van der Waals surface area (Å²) < 4.78 is 11.1. The molecule has 0 spiro atoms. The number of hydrogen-bond donors (Lipinski definition) is 6. The van der Waals surface area contributed by atoms with E-state index in [4.69, 9.17) is 20.9 Å². The SMILES string of the molecule is CCN(CC)CCNC(=O)c1cc(O)c(N)c(-c2cc(C(=O)NCC[NH+](CC)CC)c(OC)cc2N)c1OC.[Cl-]. The van der Waals surface area contributed by atoms with Gasteiger partial charge < -0.3 is 58.9 Å². The Hall–Kier alpha value is -3.41. The number of halogens is 1. The van der Waals surface area contributed by atoms with Gasteiger partial charge in [-0.3, -0.25) is 9.59 Å². The second-order valence-corrected chi connectivity index (χ2v) is 9.15. The van der Waals surface area contributed by atoms with Crippen molar-refractivity contribution in [2.45, 2.75) is 27.7 Å². The van der Waals surface area contributed by atoms with Crippen LogP contribution in [0.1, 0.15) is 48.4 Å². The normalized spacial score (nSPS) is 10.8. The lowest BCUT2D eigenvalue weighted by atomic mass is 9.94. The maximum Gasteiger partial charge on any atom is 0.255 e. The fourth-order valence-electron chi connectivity index (χ4n) is 4.49. The van der Waals surface area contributed by atoms with Gasteiger partial charge in [0.1, 0.15) is 17.2 Å². The van der Waals surface area contributed by atoms with E-state index in [1.807, 2.05) is 0 Å². The number of phenolic OH excluding ortho intramolecular Hbond substituents is 1. The lowest BCUT2D eigenvalue weighted by molar-refractivity contribution is -0.895. The van der Waals surface area contributed by atoms with Crippen molar-refractivity contribution in [2.24, 2.45) is 0 Å². The smallest absolute Gasteiger partial charge is 0.255 e. The first-order valence-electron chi connectivity index (χ1n) is 13.5. The van der Waals surface area contributed by atoms with Crippen molar-refractivity contribution in [3.8, 4) is 28.4 Å². The predicted octanol–water partition coefficient (Wildman–Crippen LogP) is -2.03. The van der Waals surface area contributed by atoms with Gasteiger partial charge in [-0.2, -0.15) is 0 Å². The van der Waals surface area contributed by atoms with E-state index in [-0.39, 0.29) is 63.6 Å². The number of nitrogens with zero attached hydrogens (tertiary/aromatic N) is 1. The van der Waals surface area contributed by atoms with Crippen LogP contribution in [0.5, 0.6) is 17.2 Å². The van der Waals surface area contributed by atoms with Crippen LogP contribution < -0.4 is 48.9 Å². The highest BCUT2D eigenvalue weighted by molar-refractivity contribution is 6.06. The monoisotopic (exact) mass is 580 g/mol. The number of phenols is 1. The summed E-state index contributed by atoms with van der Waals surface area (Å²) in [6, 6.07) is 4.34. The maximum absolute atomic E-state index is 13.2. The topological polar surface area (TPSA) is 157 Å². The first-order chi connectivity index (χ1) is 18.7. The average molecular weight is 581 g/mol. The molecule has 0 radical (unpaired) electrons. The Morgan fingerprint density at radius 3 is 2.08 bits per heavy atom. The molecular formula is C28H45ClN6O5. The summed E-state index contributed by atoms with van der Waals surface area (Å²) in [7, 11) is 2.86. The van der Waals surface area contributed by atoms with E-state index in [0.717, 1.165) is 32.7 Å². The number of quaternary nitrogens is 1. The minimum Gasteiger partial charge on any atom is -1.00 e. The number of methoxy groups -OCH3 is 2. The fourth-order valence-corrected chi connectivity index (χ4v) is 4.49. The van der Waals surface area contributed by atoms with E-state index >= 15 is 0 Å². The Kier molecular flexibility index (Phi) is 14.4. The third-order valence-electron chi connectivity index (χ3n) is 7.00. The van der Waals surface area contributed by atoms with Crippen molar-refractivity contribution >= 4 is 23.2 Å². The predicted molar refractivity (Wildman–Crippen MR) is 155 cm³/mol. The van der Waals surface area contributed by atoms with Crippen molar-refractivity contribution in [2.75, 3.05) is 78.0 Å². The van der Waals surface area contributed by atoms with E-state index in [2.05, 4.69) is 43.2 Å². The third-order valence-corrected chi connectivity index (χ3v) is 7.00. The highest BCUT2D eigenvalue weighted by Gasteiger charge is 2.26.